The number of ether oxygens (including phenoxy) is 2. The van der Waals surface area contributed by atoms with Crippen LogP contribution in [0.5, 0.6) is 5.75 Å². The quantitative estimate of drug-likeness (QED) is 0.210. The maximum Gasteiger partial charge on any atom is 0.264 e. The smallest absolute Gasteiger partial charge is 0.264 e. The van der Waals surface area contributed by atoms with Crippen LogP contribution in [-0.2, 0) is 11.3 Å². The lowest BCUT2D eigenvalue weighted by Crippen LogP contribution is -2.40. The molecule has 1 aliphatic carbocycles. The van der Waals surface area contributed by atoms with Gasteiger partial charge >= 0.3 is 0 Å². The first-order valence-electron chi connectivity index (χ1n) is 16.1. The Bertz CT molecular complexity index is 1810. The molecule has 2 aromatic carbocycles. The third-order valence-electron chi connectivity index (χ3n) is 9.38. The Balaban J connectivity index is 1.42. The van der Waals surface area contributed by atoms with E-state index >= 15 is 0 Å². The molecule has 240 valence electrons. The zero-order valence-electron chi connectivity index (χ0n) is 26.6. The Morgan fingerprint density at radius 1 is 1.02 bits per heavy atom. The van der Waals surface area contributed by atoms with E-state index in [4.69, 9.17) is 9.47 Å². The van der Waals surface area contributed by atoms with Crippen molar-refractivity contribution in [2.45, 2.75) is 44.6 Å². The molecule has 2 fully saturated rings. The lowest BCUT2D eigenvalue weighted by atomic mass is 9.81. The fourth-order valence-electron chi connectivity index (χ4n) is 7.18. The predicted octanol–water partition coefficient (Wildman–Crippen LogP) is 7.31. The van der Waals surface area contributed by atoms with Gasteiger partial charge in [-0.1, -0.05) is 25.3 Å². The van der Waals surface area contributed by atoms with Crippen molar-refractivity contribution in [3.05, 3.63) is 75.0 Å². The number of thiophene rings is 1. The fraction of sp³-hybridized carbons (Fsp3) is 0.389. The number of carbonyl (C=O) groups is 2. The summed E-state index contributed by atoms with van der Waals surface area (Å²) in [4.78, 5) is 29.8. The molecule has 10 heteroatoms. The number of nitrogens with zero attached hydrogens (tertiary/aromatic N) is 3. The maximum absolute atomic E-state index is 13.8. The summed E-state index contributed by atoms with van der Waals surface area (Å²) in [6.07, 6.45) is 8.27. The van der Waals surface area contributed by atoms with Crippen molar-refractivity contribution in [2.75, 3.05) is 47.5 Å². The maximum atomic E-state index is 13.8. The molecule has 46 heavy (non-hydrogen) atoms. The van der Waals surface area contributed by atoms with Crippen molar-refractivity contribution in [3.8, 4) is 17.0 Å². The number of benzene rings is 2. The van der Waals surface area contributed by atoms with E-state index in [1.165, 1.54) is 59.4 Å². The molecule has 8 nitrogen and oxygen atoms in total. The molecule has 1 N–H and O–H groups in total. The Morgan fingerprint density at radius 3 is 2.59 bits per heavy atom. The van der Waals surface area contributed by atoms with Crippen molar-refractivity contribution in [1.82, 2.24) is 18.5 Å². The minimum Gasteiger partial charge on any atom is -0.497 e. The topological polar surface area (TPSA) is 76.0 Å². The molecule has 2 amide bonds. The average molecular weight is 657 g/mol. The molecule has 7 rings (SSSR count). The lowest BCUT2D eigenvalue weighted by Gasteiger charge is -2.27. The summed E-state index contributed by atoms with van der Waals surface area (Å²) >= 11 is 2.77. The van der Waals surface area contributed by atoms with E-state index in [0.29, 0.717) is 44.3 Å². The minimum absolute atomic E-state index is 0.0575. The highest BCUT2D eigenvalue weighted by atomic mass is 32.2. The number of hydrogen-bond acceptors (Lipinski definition) is 7. The van der Waals surface area contributed by atoms with Crippen LogP contribution in [0, 0.1) is 0 Å². The summed E-state index contributed by atoms with van der Waals surface area (Å²) in [6.45, 7) is 2.90. The molecular formula is C36H40N4O4S2. The number of morpholine rings is 1. The van der Waals surface area contributed by atoms with Gasteiger partial charge in [0.2, 0.25) is 0 Å². The van der Waals surface area contributed by atoms with Crippen LogP contribution in [0.3, 0.4) is 0 Å². The normalized spacial score (nSPS) is 17.0. The molecule has 0 unspecified atom stereocenters. The summed E-state index contributed by atoms with van der Waals surface area (Å²) in [5.41, 5.74) is 8.51. The lowest BCUT2D eigenvalue weighted by molar-refractivity contribution is 0.0306. The molecule has 4 aromatic rings. The van der Waals surface area contributed by atoms with Crippen LogP contribution >= 0.6 is 23.5 Å². The van der Waals surface area contributed by atoms with Crippen molar-refractivity contribution in [1.29, 1.82) is 0 Å². The third-order valence-corrected chi connectivity index (χ3v) is 10.9. The van der Waals surface area contributed by atoms with Gasteiger partial charge in [0.25, 0.3) is 11.8 Å². The number of allylic oxidation sites excluding steroid dienone is 1. The first-order chi connectivity index (χ1) is 22.4. The van der Waals surface area contributed by atoms with Gasteiger partial charge in [0, 0.05) is 59.4 Å². The third kappa shape index (κ3) is 5.88. The Hall–Kier alpha value is -3.57. The summed E-state index contributed by atoms with van der Waals surface area (Å²) in [7, 11) is 5.51. The van der Waals surface area contributed by atoms with Gasteiger partial charge in [-0.25, -0.2) is 4.31 Å². The summed E-state index contributed by atoms with van der Waals surface area (Å²) in [6, 6.07) is 14.6. The Labute approximate surface area is 278 Å². The number of carbonyl (C=O) groups excluding carboxylic acids is 2. The van der Waals surface area contributed by atoms with Crippen LogP contribution in [-0.4, -0.2) is 73.1 Å². The largest absolute Gasteiger partial charge is 0.497 e. The number of amides is 2. The van der Waals surface area contributed by atoms with Gasteiger partial charge in [-0.15, -0.1) is 11.3 Å². The van der Waals surface area contributed by atoms with Crippen molar-refractivity contribution >= 4 is 57.8 Å². The first kappa shape index (κ1) is 31.1. The van der Waals surface area contributed by atoms with E-state index in [9.17, 15) is 9.59 Å². The molecule has 4 heterocycles. The van der Waals surface area contributed by atoms with Crippen molar-refractivity contribution in [3.63, 3.8) is 0 Å². The minimum atomic E-state index is -0.124. The number of nitrogens with one attached hydrogen (secondary N) is 1. The van der Waals surface area contributed by atoms with Crippen LogP contribution in [0.25, 0.3) is 33.8 Å². The van der Waals surface area contributed by atoms with E-state index in [-0.39, 0.29) is 11.8 Å². The predicted molar refractivity (Wildman–Crippen MR) is 187 cm³/mol. The zero-order chi connectivity index (χ0) is 31.8. The van der Waals surface area contributed by atoms with Crippen LogP contribution in [0.4, 0.5) is 0 Å². The van der Waals surface area contributed by atoms with E-state index in [0.717, 1.165) is 51.2 Å². The van der Waals surface area contributed by atoms with Crippen molar-refractivity contribution in [2.24, 2.45) is 0 Å². The van der Waals surface area contributed by atoms with Gasteiger partial charge in [0.1, 0.15) is 5.75 Å². The van der Waals surface area contributed by atoms with Gasteiger partial charge in [-0.05, 0) is 97.4 Å². The monoisotopic (exact) mass is 656 g/mol. The zero-order valence-corrected chi connectivity index (χ0v) is 28.3. The van der Waals surface area contributed by atoms with E-state index in [1.54, 1.807) is 7.11 Å². The highest BCUT2D eigenvalue weighted by Crippen LogP contribution is 2.48. The molecular weight excluding hydrogens is 617 g/mol. The summed E-state index contributed by atoms with van der Waals surface area (Å²) in [5.74, 6) is 1.17. The van der Waals surface area contributed by atoms with Gasteiger partial charge in [0.05, 0.1) is 30.9 Å². The van der Waals surface area contributed by atoms with Gasteiger partial charge in [-0.3, -0.25) is 14.3 Å². The molecule has 0 atom stereocenters. The van der Waals surface area contributed by atoms with E-state index < -0.39 is 0 Å². The van der Waals surface area contributed by atoms with Crippen LogP contribution < -0.4 is 9.46 Å². The van der Waals surface area contributed by atoms with E-state index in [2.05, 4.69) is 45.7 Å². The number of hydrogen-bond donors (Lipinski definition) is 1. The highest BCUT2D eigenvalue weighted by Gasteiger charge is 2.31. The molecule has 3 aliphatic rings. The van der Waals surface area contributed by atoms with Crippen LogP contribution in [0.2, 0.25) is 0 Å². The number of rotatable bonds is 7. The molecule has 0 bridgehead atoms. The molecule has 0 radical (unpaired) electrons. The SMILES string of the molecule is COc1ccc2c(c1)C=C(c1ccsc1C(=O)N1CCOCC1)Cn1c-2c(C2CCCCC2)c2ccc(C(=O)NSN(C)C)cc21. The van der Waals surface area contributed by atoms with E-state index in [1.807, 2.05) is 40.8 Å². The Morgan fingerprint density at radius 2 is 1.83 bits per heavy atom. The molecule has 0 spiro atoms. The molecule has 2 aromatic heterocycles. The Kier molecular flexibility index (Phi) is 8.96. The second kappa shape index (κ2) is 13.3. The van der Waals surface area contributed by atoms with Crippen molar-refractivity contribution < 1.29 is 19.1 Å². The number of methoxy groups -OCH3 is 1. The molecule has 2 aliphatic heterocycles. The summed E-state index contributed by atoms with van der Waals surface area (Å²) in [5, 5.41) is 3.23. The molecule has 1 saturated carbocycles. The van der Waals surface area contributed by atoms with Gasteiger partial charge in [0.15, 0.2) is 0 Å². The van der Waals surface area contributed by atoms with Gasteiger partial charge < -0.3 is 18.9 Å². The standard InChI is InChI=1S/C36H40N4O4S2/c1-38(2)46-37-35(41)24-9-11-30-31(21-24)40-22-26(29-13-18-45-34(29)36(42)39-14-16-44-17-15-39)19-25-20-27(43-3)10-12-28(25)33(40)32(30)23-7-5-4-6-8-23/h9-13,18-21,23H,4-8,14-17,22H2,1-3H3,(H,37,41). The van der Waals surface area contributed by atoms with Gasteiger partial charge in [-0.2, -0.15) is 0 Å². The van der Waals surface area contributed by atoms with Crippen LogP contribution in [0.15, 0.2) is 47.8 Å². The first-order valence-corrected chi connectivity index (χ1v) is 17.7. The number of aromatic nitrogens is 1. The summed E-state index contributed by atoms with van der Waals surface area (Å²) < 4.78 is 18.5. The second-order valence-electron chi connectivity index (χ2n) is 12.4. The van der Waals surface area contributed by atoms with Crippen LogP contribution in [0.1, 0.15) is 74.7 Å². The second-order valence-corrected chi connectivity index (χ2v) is 14.5. The molecule has 1 saturated heterocycles. The fourth-order valence-corrected chi connectivity index (χ4v) is 8.46. The average Bonchev–Trinajstić information content (AvgIpc) is 3.66. The number of fused-ring (bicyclic) bond motifs is 5. The highest BCUT2D eigenvalue weighted by molar-refractivity contribution is 7.95.